The Kier molecular flexibility index (Phi) is 4.97. The lowest BCUT2D eigenvalue weighted by molar-refractivity contribution is 0.0253. The fourth-order valence-electron chi connectivity index (χ4n) is 3.00. The molecular formula is C19H22N6O2. The Bertz CT molecular complexity index is 920. The third-order valence-corrected chi connectivity index (χ3v) is 4.53. The molecule has 1 aliphatic heterocycles. The number of rotatable bonds is 5. The first-order valence-corrected chi connectivity index (χ1v) is 8.98. The van der Waals surface area contributed by atoms with Gasteiger partial charge in [0.05, 0.1) is 19.4 Å². The molecular weight excluding hydrogens is 344 g/mol. The molecule has 0 atom stereocenters. The van der Waals surface area contributed by atoms with Crippen molar-refractivity contribution in [2.45, 2.75) is 25.9 Å². The van der Waals surface area contributed by atoms with Gasteiger partial charge in [-0.05, 0) is 30.7 Å². The van der Waals surface area contributed by atoms with Gasteiger partial charge in [0.15, 0.2) is 5.82 Å². The van der Waals surface area contributed by atoms with Crippen molar-refractivity contribution in [1.82, 2.24) is 24.7 Å². The van der Waals surface area contributed by atoms with Gasteiger partial charge in [0.25, 0.3) is 0 Å². The van der Waals surface area contributed by atoms with E-state index in [4.69, 9.17) is 9.47 Å². The summed E-state index contributed by atoms with van der Waals surface area (Å²) in [6.07, 6.45) is 5.29. The van der Waals surface area contributed by atoms with Gasteiger partial charge in [0.2, 0.25) is 5.95 Å². The molecule has 3 heterocycles. The molecule has 0 spiro atoms. The van der Waals surface area contributed by atoms with Gasteiger partial charge < -0.3 is 14.8 Å². The van der Waals surface area contributed by atoms with Crippen LogP contribution in [0.3, 0.4) is 0 Å². The molecule has 3 aromatic rings. The lowest BCUT2D eigenvalue weighted by Crippen LogP contribution is -2.26. The number of hydrogen-bond acceptors (Lipinski definition) is 7. The third-order valence-electron chi connectivity index (χ3n) is 4.53. The highest BCUT2D eigenvalue weighted by atomic mass is 16.5. The second-order valence-electron chi connectivity index (χ2n) is 6.51. The van der Waals surface area contributed by atoms with Crippen LogP contribution >= 0.6 is 0 Å². The molecule has 0 aliphatic carbocycles. The standard InChI is InChI=1S/C19H22N6O2/c1-13-11-14(3-4-16(13)27-15-6-9-26-10-7-15)18-20-12-21-19(24-18)23-17-5-8-22-25(17)2/h3-5,8,11-12,15H,6-7,9-10H2,1-2H3,(H,20,21,23,24). The Morgan fingerprint density at radius 3 is 2.78 bits per heavy atom. The number of anilines is 2. The van der Waals surface area contributed by atoms with E-state index in [1.807, 2.05) is 38.2 Å². The SMILES string of the molecule is Cc1cc(-c2ncnc(Nc3ccnn3C)n2)ccc1OC1CCOCC1. The fraction of sp³-hybridized carbons (Fsp3) is 0.368. The lowest BCUT2D eigenvalue weighted by Gasteiger charge is -2.24. The van der Waals surface area contributed by atoms with Crippen molar-refractivity contribution in [3.63, 3.8) is 0 Å². The second-order valence-corrected chi connectivity index (χ2v) is 6.51. The molecule has 0 unspecified atom stereocenters. The molecule has 4 rings (SSSR count). The smallest absolute Gasteiger partial charge is 0.231 e. The van der Waals surface area contributed by atoms with Crippen LogP contribution in [0.4, 0.5) is 11.8 Å². The zero-order valence-electron chi connectivity index (χ0n) is 15.4. The maximum Gasteiger partial charge on any atom is 0.231 e. The lowest BCUT2D eigenvalue weighted by atomic mass is 10.1. The van der Waals surface area contributed by atoms with E-state index in [1.54, 1.807) is 10.9 Å². The fourth-order valence-corrected chi connectivity index (χ4v) is 3.00. The minimum absolute atomic E-state index is 0.218. The summed E-state index contributed by atoms with van der Waals surface area (Å²) >= 11 is 0. The second kappa shape index (κ2) is 7.71. The minimum atomic E-state index is 0.218. The normalized spacial score (nSPS) is 14.9. The third kappa shape index (κ3) is 4.06. The van der Waals surface area contributed by atoms with Crippen LogP contribution in [0.25, 0.3) is 11.4 Å². The molecule has 1 N–H and O–H groups in total. The van der Waals surface area contributed by atoms with Crippen molar-refractivity contribution >= 4 is 11.8 Å². The molecule has 1 saturated heterocycles. The van der Waals surface area contributed by atoms with Gasteiger partial charge in [-0.15, -0.1) is 0 Å². The molecule has 1 fully saturated rings. The predicted molar refractivity (Wildman–Crippen MR) is 101 cm³/mol. The number of hydrogen-bond donors (Lipinski definition) is 1. The molecule has 0 radical (unpaired) electrons. The number of aromatic nitrogens is 5. The minimum Gasteiger partial charge on any atom is -0.490 e. The molecule has 1 aromatic carbocycles. The predicted octanol–water partition coefficient (Wildman–Crippen LogP) is 2.88. The zero-order valence-corrected chi connectivity index (χ0v) is 15.4. The summed E-state index contributed by atoms with van der Waals surface area (Å²) in [6.45, 7) is 3.56. The van der Waals surface area contributed by atoms with Gasteiger partial charge in [-0.1, -0.05) is 0 Å². The summed E-state index contributed by atoms with van der Waals surface area (Å²) in [4.78, 5) is 13.0. The molecule has 0 bridgehead atoms. The number of aryl methyl sites for hydroxylation is 2. The maximum absolute atomic E-state index is 6.13. The van der Waals surface area contributed by atoms with Crippen LogP contribution in [0.2, 0.25) is 0 Å². The van der Waals surface area contributed by atoms with E-state index >= 15 is 0 Å². The summed E-state index contributed by atoms with van der Waals surface area (Å²) in [5, 5.41) is 7.27. The first-order valence-electron chi connectivity index (χ1n) is 8.98. The van der Waals surface area contributed by atoms with Crippen molar-refractivity contribution in [2.75, 3.05) is 18.5 Å². The quantitative estimate of drug-likeness (QED) is 0.743. The van der Waals surface area contributed by atoms with Gasteiger partial charge >= 0.3 is 0 Å². The van der Waals surface area contributed by atoms with Gasteiger partial charge in [0.1, 0.15) is 24.0 Å². The molecule has 27 heavy (non-hydrogen) atoms. The van der Waals surface area contributed by atoms with Crippen molar-refractivity contribution in [2.24, 2.45) is 7.05 Å². The Morgan fingerprint density at radius 1 is 1.19 bits per heavy atom. The molecule has 8 nitrogen and oxygen atoms in total. The van der Waals surface area contributed by atoms with Crippen molar-refractivity contribution < 1.29 is 9.47 Å². The first kappa shape index (κ1) is 17.4. The Labute approximate surface area is 157 Å². The highest BCUT2D eigenvalue weighted by Gasteiger charge is 2.16. The van der Waals surface area contributed by atoms with E-state index in [-0.39, 0.29) is 6.10 Å². The van der Waals surface area contributed by atoms with Crippen LogP contribution in [-0.4, -0.2) is 44.1 Å². The van der Waals surface area contributed by atoms with Crippen LogP contribution in [-0.2, 0) is 11.8 Å². The van der Waals surface area contributed by atoms with Crippen molar-refractivity contribution in [1.29, 1.82) is 0 Å². The zero-order chi connectivity index (χ0) is 18.6. The average molecular weight is 366 g/mol. The van der Waals surface area contributed by atoms with E-state index in [0.29, 0.717) is 11.8 Å². The van der Waals surface area contributed by atoms with Crippen LogP contribution in [0.5, 0.6) is 5.75 Å². The topological polar surface area (TPSA) is 87.0 Å². The molecule has 2 aromatic heterocycles. The number of nitrogens with one attached hydrogen (secondary N) is 1. The summed E-state index contributed by atoms with van der Waals surface area (Å²) in [5.74, 6) is 2.79. The van der Waals surface area contributed by atoms with Gasteiger partial charge in [-0.2, -0.15) is 10.1 Å². The van der Waals surface area contributed by atoms with Crippen LogP contribution < -0.4 is 10.1 Å². The molecule has 8 heteroatoms. The largest absolute Gasteiger partial charge is 0.490 e. The Balaban J connectivity index is 1.52. The average Bonchev–Trinajstić information content (AvgIpc) is 3.09. The van der Waals surface area contributed by atoms with Gasteiger partial charge in [0, 0.05) is 31.5 Å². The van der Waals surface area contributed by atoms with Gasteiger partial charge in [-0.25, -0.2) is 9.97 Å². The molecule has 0 amide bonds. The van der Waals surface area contributed by atoms with Crippen LogP contribution in [0.1, 0.15) is 18.4 Å². The van der Waals surface area contributed by atoms with E-state index < -0.39 is 0 Å². The van der Waals surface area contributed by atoms with E-state index in [9.17, 15) is 0 Å². The summed E-state index contributed by atoms with van der Waals surface area (Å²) in [6, 6.07) is 7.86. The van der Waals surface area contributed by atoms with E-state index in [1.165, 1.54) is 6.33 Å². The highest BCUT2D eigenvalue weighted by molar-refractivity contribution is 5.60. The van der Waals surface area contributed by atoms with E-state index in [0.717, 1.165) is 48.7 Å². The highest BCUT2D eigenvalue weighted by Crippen LogP contribution is 2.27. The number of benzene rings is 1. The number of ether oxygens (including phenoxy) is 2. The molecule has 140 valence electrons. The Morgan fingerprint density at radius 2 is 2.04 bits per heavy atom. The van der Waals surface area contributed by atoms with Crippen LogP contribution in [0, 0.1) is 6.92 Å². The maximum atomic E-state index is 6.13. The summed E-state index contributed by atoms with van der Waals surface area (Å²) < 4.78 is 13.2. The summed E-state index contributed by atoms with van der Waals surface area (Å²) in [7, 11) is 1.85. The first-order chi connectivity index (χ1) is 13.2. The Hall–Kier alpha value is -3.00. The van der Waals surface area contributed by atoms with E-state index in [2.05, 4.69) is 25.4 Å². The van der Waals surface area contributed by atoms with Crippen LogP contribution in [0.15, 0.2) is 36.8 Å². The monoisotopic (exact) mass is 366 g/mol. The molecule has 0 saturated carbocycles. The van der Waals surface area contributed by atoms with Gasteiger partial charge in [-0.3, -0.25) is 4.68 Å². The summed E-state index contributed by atoms with van der Waals surface area (Å²) in [5.41, 5.74) is 1.97. The van der Waals surface area contributed by atoms with Crippen molar-refractivity contribution in [3.8, 4) is 17.1 Å². The van der Waals surface area contributed by atoms with Crippen molar-refractivity contribution in [3.05, 3.63) is 42.4 Å². The molecule has 1 aliphatic rings. The number of nitrogens with zero attached hydrogens (tertiary/aromatic N) is 5.